The number of amides is 3. The quantitative estimate of drug-likeness (QED) is 0.337. The normalized spacial score (nSPS) is 17.7. The van der Waals surface area contributed by atoms with E-state index in [-0.39, 0.29) is 30.5 Å². The zero-order chi connectivity index (χ0) is 27.6. The van der Waals surface area contributed by atoms with Crippen LogP contribution in [0.4, 0.5) is 0 Å². The molecule has 13 heteroatoms. The van der Waals surface area contributed by atoms with E-state index >= 15 is 0 Å². The van der Waals surface area contributed by atoms with Gasteiger partial charge in [0, 0.05) is 24.3 Å². The van der Waals surface area contributed by atoms with E-state index in [1.165, 1.54) is 13.2 Å². The van der Waals surface area contributed by atoms with Crippen molar-refractivity contribution in [1.82, 2.24) is 26.1 Å². The third-order valence-corrected chi connectivity index (χ3v) is 5.96. The maximum absolute atomic E-state index is 12.6. The maximum atomic E-state index is 12.6. The first-order valence-corrected chi connectivity index (χ1v) is 12.7. The predicted molar refractivity (Wildman–Crippen MR) is 135 cm³/mol. The molecule has 3 heterocycles. The number of hydrogen-bond donors (Lipinski definition) is 3. The first kappa shape index (κ1) is 30.1. The Morgan fingerprint density at radius 3 is 2.35 bits per heavy atom. The lowest BCUT2D eigenvalue weighted by Crippen LogP contribution is -2.53. The van der Waals surface area contributed by atoms with Crippen molar-refractivity contribution in [3.8, 4) is 0 Å². The standard InChI is InChI=1S/C20H30N4O7.C4H5NS/c1-11(2)6-13(17(26)20(4)10-30-20)22-16(25)8-21-18(27)15(9-29-5)23-19(28)14-7-12(3)31-24-14;1-4-2-6-3-5-4/h7,11,13,15H,6,8-10H2,1-5H3,(H,21,27)(H,22,25)(H,23,28);2-3H,1H3/t13-,15-,20+;/m0./s1. The number of epoxide rings is 1. The van der Waals surface area contributed by atoms with Gasteiger partial charge in [-0.1, -0.05) is 19.0 Å². The topological polar surface area (TPSA) is 165 Å². The number of nitrogens with zero attached hydrogens (tertiary/aromatic N) is 2. The van der Waals surface area contributed by atoms with Gasteiger partial charge in [-0.05, 0) is 33.1 Å². The zero-order valence-corrected chi connectivity index (χ0v) is 22.8. The fourth-order valence-corrected chi connectivity index (χ4v) is 3.73. The van der Waals surface area contributed by atoms with Crippen molar-refractivity contribution in [3.05, 3.63) is 34.1 Å². The van der Waals surface area contributed by atoms with Gasteiger partial charge in [0.2, 0.25) is 11.8 Å². The average Bonchev–Trinajstić information content (AvgIpc) is 3.18. The van der Waals surface area contributed by atoms with Crippen LogP contribution < -0.4 is 16.0 Å². The van der Waals surface area contributed by atoms with Gasteiger partial charge in [-0.3, -0.25) is 24.2 Å². The summed E-state index contributed by atoms with van der Waals surface area (Å²) in [4.78, 5) is 53.5. The second-order valence-electron chi connectivity index (χ2n) is 9.29. The summed E-state index contributed by atoms with van der Waals surface area (Å²) in [6.07, 6.45) is 0.455. The Kier molecular flexibility index (Phi) is 11.3. The number of ether oxygens (including phenoxy) is 2. The summed E-state index contributed by atoms with van der Waals surface area (Å²) < 4.78 is 15.0. The highest BCUT2D eigenvalue weighted by molar-refractivity contribution is 7.07. The van der Waals surface area contributed by atoms with E-state index in [4.69, 9.17) is 14.0 Å². The number of aromatic nitrogens is 2. The van der Waals surface area contributed by atoms with Crippen molar-refractivity contribution in [1.29, 1.82) is 0 Å². The fraction of sp³-hybridized carbons (Fsp3) is 0.583. The van der Waals surface area contributed by atoms with Crippen LogP contribution >= 0.6 is 11.3 Å². The SMILES string of the molecule is COC[C@H](NC(=O)c1cc(C)on1)C(=O)NCC(=O)N[C@@H](CC(C)C)C(=O)[C@@]1(C)CO1.Cc1cscn1. The minimum atomic E-state index is -1.05. The van der Waals surface area contributed by atoms with Crippen molar-refractivity contribution in [3.63, 3.8) is 0 Å². The highest BCUT2D eigenvalue weighted by Gasteiger charge is 2.50. The number of carbonyl (C=O) groups excluding carboxylic acids is 4. The third kappa shape index (κ3) is 10.0. The van der Waals surface area contributed by atoms with Gasteiger partial charge in [0.15, 0.2) is 11.5 Å². The number of aryl methyl sites for hydroxylation is 2. The van der Waals surface area contributed by atoms with E-state index in [9.17, 15) is 19.2 Å². The Bertz CT molecular complexity index is 1050. The molecule has 2 aromatic rings. The molecule has 1 aliphatic rings. The molecule has 0 bridgehead atoms. The van der Waals surface area contributed by atoms with Crippen LogP contribution in [0.2, 0.25) is 0 Å². The predicted octanol–water partition coefficient (Wildman–Crippen LogP) is 1.18. The highest BCUT2D eigenvalue weighted by atomic mass is 32.1. The molecule has 0 aromatic carbocycles. The monoisotopic (exact) mass is 537 g/mol. The van der Waals surface area contributed by atoms with Gasteiger partial charge < -0.3 is 29.9 Å². The number of thiazole rings is 1. The Balaban J connectivity index is 0.000000700. The number of Topliss-reactive ketones (excluding diaryl/α,β-unsaturated/α-hetero) is 1. The van der Waals surface area contributed by atoms with Crippen molar-refractivity contribution >= 4 is 34.8 Å². The van der Waals surface area contributed by atoms with Crippen LogP contribution in [0, 0.1) is 19.8 Å². The summed E-state index contributed by atoms with van der Waals surface area (Å²) in [6, 6.07) is -0.323. The van der Waals surface area contributed by atoms with E-state index < -0.39 is 35.4 Å². The van der Waals surface area contributed by atoms with Crippen molar-refractivity contribution in [2.75, 3.05) is 26.9 Å². The highest BCUT2D eigenvalue weighted by Crippen LogP contribution is 2.29. The van der Waals surface area contributed by atoms with Crippen LogP contribution in [0.1, 0.15) is 49.1 Å². The Morgan fingerprint density at radius 2 is 1.89 bits per heavy atom. The van der Waals surface area contributed by atoms with Gasteiger partial charge in [0.05, 0.1) is 31.3 Å². The lowest BCUT2D eigenvalue weighted by Gasteiger charge is -2.22. The average molecular weight is 538 g/mol. The molecule has 3 atom stereocenters. The molecule has 0 saturated carbocycles. The van der Waals surface area contributed by atoms with Crippen molar-refractivity contribution in [2.24, 2.45) is 5.92 Å². The van der Waals surface area contributed by atoms with Crippen LogP contribution in [0.15, 0.2) is 21.5 Å². The number of hydrogen-bond acceptors (Lipinski definition) is 10. The first-order valence-electron chi connectivity index (χ1n) is 11.8. The van der Waals surface area contributed by atoms with Gasteiger partial charge in [-0.25, -0.2) is 0 Å². The molecular formula is C24H35N5O7S. The lowest BCUT2D eigenvalue weighted by molar-refractivity contribution is -0.131. The summed E-state index contributed by atoms with van der Waals surface area (Å²) >= 11 is 1.63. The largest absolute Gasteiger partial charge is 0.382 e. The molecule has 1 aliphatic heterocycles. The Hall–Kier alpha value is -3.16. The van der Waals surface area contributed by atoms with E-state index in [2.05, 4.69) is 26.1 Å². The fourth-order valence-electron chi connectivity index (χ4n) is 3.19. The van der Waals surface area contributed by atoms with E-state index in [1.54, 1.807) is 25.2 Å². The van der Waals surface area contributed by atoms with Crippen LogP contribution in [-0.4, -0.2) is 78.2 Å². The molecule has 204 valence electrons. The van der Waals surface area contributed by atoms with Crippen molar-refractivity contribution < 1.29 is 33.2 Å². The number of carbonyl (C=O) groups is 4. The molecule has 0 unspecified atom stereocenters. The molecule has 3 amide bonds. The van der Waals surface area contributed by atoms with Crippen LogP contribution in [0.25, 0.3) is 0 Å². The molecule has 1 saturated heterocycles. The number of methoxy groups -OCH3 is 1. The Labute approximate surface area is 219 Å². The van der Waals surface area contributed by atoms with E-state index in [1.807, 2.05) is 31.7 Å². The molecule has 3 rings (SSSR count). The lowest BCUT2D eigenvalue weighted by atomic mass is 9.93. The number of rotatable bonds is 12. The zero-order valence-electron chi connectivity index (χ0n) is 22.0. The molecule has 0 spiro atoms. The molecule has 12 nitrogen and oxygen atoms in total. The van der Waals surface area contributed by atoms with Crippen LogP contribution in [0.3, 0.4) is 0 Å². The summed E-state index contributed by atoms with van der Waals surface area (Å²) in [5.41, 5.74) is 2.11. The summed E-state index contributed by atoms with van der Waals surface area (Å²) in [6.45, 7) is 9.04. The van der Waals surface area contributed by atoms with E-state index in [0.717, 1.165) is 5.69 Å². The Morgan fingerprint density at radius 1 is 1.19 bits per heavy atom. The first-order chi connectivity index (χ1) is 17.4. The summed E-state index contributed by atoms with van der Waals surface area (Å²) in [5.74, 6) is -1.31. The van der Waals surface area contributed by atoms with Gasteiger partial charge in [0.1, 0.15) is 17.4 Å². The second-order valence-corrected chi connectivity index (χ2v) is 10.0. The third-order valence-electron chi connectivity index (χ3n) is 5.25. The molecule has 2 aromatic heterocycles. The van der Waals surface area contributed by atoms with Crippen LogP contribution in [-0.2, 0) is 23.9 Å². The number of nitrogens with one attached hydrogen (secondary N) is 3. The molecule has 37 heavy (non-hydrogen) atoms. The minimum Gasteiger partial charge on any atom is -0.382 e. The summed E-state index contributed by atoms with van der Waals surface area (Å²) in [5, 5.41) is 13.2. The van der Waals surface area contributed by atoms with Crippen molar-refractivity contribution in [2.45, 2.75) is 58.7 Å². The molecule has 1 fully saturated rings. The van der Waals surface area contributed by atoms with Crippen LogP contribution in [0.5, 0.6) is 0 Å². The molecule has 0 aliphatic carbocycles. The molecule has 3 N–H and O–H groups in total. The van der Waals surface area contributed by atoms with Gasteiger partial charge in [0.25, 0.3) is 5.91 Å². The maximum Gasteiger partial charge on any atom is 0.274 e. The van der Waals surface area contributed by atoms with Gasteiger partial charge >= 0.3 is 0 Å². The van der Waals surface area contributed by atoms with E-state index in [0.29, 0.717) is 18.8 Å². The van der Waals surface area contributed by atoms with Gasteiger partial charge in [-0.2, -0.15) is 0 Å². The number of ketones is 1. The second kappa shape index (κ2) is 14.0. The van der Waals surface area contributed by atoms with Gasteiger partial charge in [-0.15, -0.1) is 11.3 Å². The summed E-state index contributed by atoms with van der Waals surface area (Å²) in [7, 11) is 1.38. The minimum absolute atomic E-state index is 0.0231. The molecular weight excluding hydrogens is 502 g/mol. The smallest absolute Gasteiger partial charge is 0.274 e. The molecule has 0 radical (unpaired) electrons.